The van der Waals surface area contributed by atoms with Crippen molar-refractivity contribution in [3.8, 4) is 0 Å². The van der Waals surface area contributed by atoms with Crippen LogP contribution >= 0.6 is 0 Å². The number of allylic oxidation sites excluding steroid dienone is 19. The fourth-order valence-corrected chi connectivity index (χ4v) is 6.31. The third kappa shape index (κ3) is 43.9. The van der Waals surface area contributed by atoms with E-state index in [1.807, 2.05) is 6.08 Å². The van der Waals surface area contributed by atoms with Crippen LogP contribution in [-0.4, -0.2) is 34.9 Å². The lowest BCUT2D eigenvalue weighted by Crippen LogP contribution is -2.45. The van der Waals surface area contributed by atoms with Crippen LogP contribution in [0.1, 0.15) is 194 Å². The molecule has 0 aromatic carbocycles. The molecule has 2 atom stereocenters. The molecule has 4 heteroatoms. The average molecular weight is 800 g/mol. The maximum Gasteiger partial charge on any atom is 0.220 e. The van der Waals surface area contributed by atoms with E-state index >= 15 is 0 Å². The number of hydrogen-bond acceptors (Lipinski definition) is 3. The summed E-state index contributed by atoms with van der Waals surface area (Å²) in [5, 5.41) is 23.0. The van der Waals surface area contributed by atoms with Crippen molar-refractivity contribution < 1.29 is 15.0 Å². The van der Waals surface area contributed by atoms with Crippen molar-refractivity contribution in [3.63, 3.8) is 0 Å². The van der Waals surface area contributed by atoms with Crippen LogP contribution in [0, 0.1) is 0 Å². The molecule has 1 amide bonds. The van der Waals surface area contributed by atoms with Crippen molar-refractivity contribution in [1.29, 1.82) is 0 Å². The highest BCUT2D eigenvalue weighted by Gasteiger charge is 2.17. The van der Waals surface area contributed by atoms with Crippen LogP contribution in [0.15, 0.2) is 122 Å². The molecule has 0 radical (unpaired) electrons. The normalized spacial score (nSPS) is 14.1. The third-order valence-electron chi connectivity index (χ3n) is 9.91. The van der Waals surface area contributed by atoms with Gasteiger partial charge in [0.15, 0.2) is 0 Å². The molecule has 0 rings (SSSR count). The van der Waals surface area contributed by atoms with E-state index in [1.54, 1.807) is 6.08 Å². The Kier molecular flexibility index (Phi) is 45.5. The summed E-state index contributed by atoms with van der Waals surface area (Å²) >= 11 is 0. The van der Waals surface area contributed by atoms with E-state index in [2.05, 4.69) is 129 Å². The zero-order valence-electron chi connectivity index (χ0n) is 37.5. The largest absolute Gasteiger partial charge is 0.394 e. The van der Waals surface area contributed by atoms with Gasteiger partial charge in [-0.05, 0) is 103 Å². The van der Waals surface area contributed by atoms with Gasteiger partial charge in [-0.25, -0.2) is 0 Å². The molecule has 328 valence electrons. The molecule has 0 fully saturated rings. The van der Waals surface area contributed by atoms with Crippen LogP contribution in [0.5, 0.6) is 0 Å². The lowest BCUT2D eigenvalue weighted by Gasteiger charge is -2.19. The number of aliphatic hydroxyl groups is 2. The van der Waals surface area contributed by atoms with Crippen molar-refractivity contribution in [2.75, 3.05) is 6.61 Å². The summed E-state index contributed by atoms with van der Waals surface area (Å²) in [6, 6.07) is -0.665. The van der Waals surface area contributed by atoms with Gasteiger partial charge in [-0.1, -0.05) is 206 Å². The fourth-order valence-electron chi connectivity index (χ4n) is 6.31. The van der Waals surface area contributed by atoms with Gasteiger partial charge in [0, 0.05) is 6.42 Å². The fraction of sp³-hybridized carbons (Fsp3) is 0.611. The van der Waals surface area contributed by atoms with Crippen LogP contribution in [0.4, 0.5) is 0 Å². The van der Waals surface area contributed by atoms with Gasteiger partial charge in [-0.2, -0.15) is 0 Å². The first-order valence-corrected chi connectivity index (χ1v) is 23.7. The molecular formula is C54H89NO3. The molecule has 0 bridgehead atoms. The molecular weight excluding hydrogens is 711 g/mol. The summed E-state index contributed by atoms with van der Waals surface area (Å²) in [4.78, 5) is 12.4. The van der Waals surface area contributed by atoms with Crippen LogP contribution in [0.3, 0.4) is 0 Å². The van der Waals surface area contributed by atoms with E-state index < -0.39 is 12.1 Å². The topological polar surface area (TPSA) is 69.6 Å². The maximum absolute atomic E-state index is 12.4. The van der Waals surface area contributed by atoms with Crippen LogP contribution < -0.4 is 5.32 Å². The van der Waals surface area contributed by atoms with Gasteiger partial charge in [0.1, 0.15) is 0 Å². The third-order valence-corrected chi connectivity index (χ3v) is 9.91. The van der Waals surface area contributed by atoms with Gasteiger partial charge in [0.05, 0.1) is 18.8 Å². The molecule has 0 aromatic heterocycles. The summed E-state index contributed by atoms with van der Waals surface area (Å²) in [5.74, 6) is -0.103. The Morgan fingerprint density at radius 1 is 0.431 bits per heavy atom. The monoisotopic (exact) mass is 800 g/mol. The first kappa shape index (κ1) is 54.8. The van der Waals surface area contributed by atoms with Gasteiger partial charge in [0.2, 0.25) is 5.91 Å². The molecule has 0 aliphatic heterocycles. The standard InChI is InChI=1S/C54H89NO3/c1-3-5-7-9-11-13-15-17-19-21-23-24-25-26-27-28-29-30-32-34-36-38-40-42-44-46-48-50-54(58)55-52(51-56)53(57)49-47-45-43-41-39-37-35-33-31-22-20-18-16-14-12-10-8-6-4-2/h5,7,11,13,17,19,23-24,26-27,29-31,33-34,36,39,41,47,49,52-53,56-57H,3-4,6,8-10,12,14-16,18,20-22,25,28,32,35,37-38,40,42-46,48,50-51H2,1-2H3,(H,55,58)/b7-5-,13-11-,19-17-,24-23-,27-26-,30-29-,33-31+,36-34-,41-39+,49-47+. The Labute approximate surface area is 358 Å². The highest BCUT2D eigenvalue weighted by molar-refractivity contribution is 5.76. The number of aliphatic hydroxyl groups excluding tert-OH is 2. The Morgan fingerprint density at radius 2 is 0.776 bits per heavy atom. The predicted molar refractivity (Wildman–Crippen MR) is 257 cm³/mol. The molecule has 0 saturated carbocycles. The minimum absolute atomic E-state index is 0.103. The number of rotatable bonds is 41. The van der Waals surface area contributed by atoms with Crippen LogP contribution in [0.2, 0.25) is 0 Å². The quantitative estimate of drug-likeness (QED) is 0.0426. The van der Waals surface area contributed by atoms with Gasteiger partial charge < -0.3 is 15.5 Å². The van der Waals surface area contributed by atoms with Gasteiger partial charge in [-0.3, -0.25) is 4.79 Å². The highest BCUT2D eigenvalue weighted by Crippen LogP contribution is 2.12. The van der Waals surface area contributed by atoms with Crippen LogP contribution in [-0.2, 0) is 4.79 Å². The van der Waals surface area contributed by atoms with E-state index in [4.69, 9.17) is 0 Å². The van der Waals surface area contributed by atoms with Crippen molar-refractivity contribution in [2.45, 2.75) is 206 Å². The van der Waals surface area contributed by atoms with Crippen molar-refractivity contribution >= 4 is 5.91 Å². The lowest BCUT2D eigenvalue weighted by molar-refractivity contribution is -0.123. The second-order valence-corrected chi connectivity index (χ2v) is 15.4. The predicted octanol–water partition coefficient (Wildman–Crippen LogP) is 15.3. The number of nitrogens with one attached hydrogen (secondary N) is 1. The van der Waals surface area contributed by atoms with E-state index in [9.17, 15) is 15.0 Å². The van der Waals surface area contributed by atoms with E-state index in [0.717, 1.165) is 96.3 Å². The second-order valence-electron chi connectivity index (χ2n) is 15.4. The summed E-state index contributed by atoms with van der Waals surface area (Å²) in [5.41, 5.74) is 0. The Bertz CT molecular complexity index is 1180. The second kappa shape index (κ2) is 48.2. The SMILES string of the molecule is CC/C=C\C/C=C\C/C=C\C/C=C\C/C=C\C/C=C\C/C=C\CCCCCCCC(=O)NC(CO)C(O)/C=C/CC/C=C/CC/C=C/CCCCCCCCCCC. The smallest absolute Gasteiger partial charge is 0.220 e. The summed E-state index contributed by atoms with van der Waals surface area (Å²) in [6.07, 6.45) is 74.5. The molecule has 0 aromatic rings. The first-order valence-electron chi connectivity index (χ1n) is 23.7. The van der Waals surface area contributed by atoms with Gasteiger partial charge >= 0.3 is 0 Å². The zero-order chi connectivity index (χ0) is 42.1. The number of unbranched alkanes of at least 4 members (excludes halogenated alkanes) is 16. The van der Waals surface area contributed by atoms with Crippen molar-refractivity contribution in [1.82, 2.24) is 5.32 Å². The van der Waals surface area contributed by atoms with Crippen LogP contribution in [0.25, 0.3) is 0 Å². The number of hydrogen-bond donors (Lipinski definition) is 3. The molecule has 0 heterocycles. The number of amides is 1. The molecule has 0 saturated heterocycles. The summed E-state index contributed by atoms with van der Waals surface area (Å²) in [6.45, 7) is 4.16. The number of carbonyl (C=O) groups is 1. The Hall–Kier alpha value is -3.21. The van der Waals surface area contributed by atoms with E-state index in [1.165, 1.54) is 77.0 Å². The average Bonchev–Trinajstić information content (AvgIpc) is 3.23. The highest BCUT2D eigenvalue weighted by atomic mass is 16.3. The minimum atomic E-state index is -0.888. The summed E-state index contributed by atoms with van der Waals surface area (Å²) < 4.78 is 0. The van der Waals surface area contributed by atoms with Crippen molar-refractivity contribution in [2.24, 2.45) is 0 Å². The lowest BCUT2D eigenvalue weighted by atomic mass is 10.1. The molecule has 4 nitrogen and oxygen atoms in total. The molecule has 0 aliphatic carbocycles. The van der Waals surface area contributed by atoms with Crippen molar-refractivity contribution in [3.05, 3.63) is 122 Å². The van der Waals surface area contributed by atoms with E-state index in [-0.39, 0.29) is 12.5 Å². The maximum atomic E-state index is 12.4. The van der Waals surface area contributed by atoms with Gasteiger partial charge in [-0.15, -0.1) is 0 Å². The molecule has 0 spiro atoms. The zero-order valence-corrected chi connectivity index (χ0v) is 37.5. The molecule has 0 aliphatic rings. The molecule has 2 unspecified atom stereocenters. The minimum Gasteiger partial charge on any atom is -0.394 e. The van der Waals surface area contributed by atoms with Gasteiger partial charge in [0.25, 0.3) is 0 Å². The van der Waals surface area contributed by atoms with E-state index in [0.29, 0.717) is 6.42 Å². The molecule has 3 N–H and O–H groups in total. The Balaban J connectivity index is 3.74. The Morgan fingerprint density at radius 3 is 1.21 bits per heavy atom. The first-order chi connectivity index (χ1) is 28.7. The number of carbonyl (C=O) groups excluding carboxylic acids is 1. The molecule has 58 heavy (non-hydrogen) atoms. The summed E-state index contributed by atoms with van der Waals surface area (Å²) in [7, 11) is 0.